The van der Waals surface area contributed by atoms with Gasteiger partial charge in [0.1, 0.15) is 0 Å². The summed E-state index contributed by atoms with van der Waals surface area (Å²) in [6, 6.07) is 15.4. The van der Waals surface area contributed by atoms with Crippen molar-refractivity contribution in [3.05, 3.63) is 65.2 Å². The van der Waals surface area contributed by atoms with Crippen molar-refractivity contribution in [3.63, 3.8) is 0 Å². The zero-order valence-electron chi connectivity index (χ0n) is 15.5. The molecule has 0 spiro atoms. The van der Waals surface area contributed by atoms with Gasteiger partial charge in [0.2, 0.25) is 5.91 Å². The molecular weight excluding hydrogens is 326 g/mol. The molecule has 0 aliphatic carbocycles. The number of hydrogen-bond donors (Lipinski definition) is 2. The summed E-state index contributed by atoms with van der Waals surface area (Å²) in [5.41, 5.74) is 4.05. The van der Waals surface area contributed by atoms with E-state index in [4.69, 9.17) is 0 Å². The van der Waals surface area contributed by atoms with Crippen molar-refractivity contribution in [3.8, 4) is 0 Å². The van der Waals surface area contributed by atoms with Crippen molar-refractivity contribution in [2.45, 2.75) is 39.3 Å². The number of nitrogens with zero attached hydrogens (tertiary/aromatic N) is 1. The molecule has 26 heavy (non-hydrogen) atoms. The fourth-order valence-corrected chi connectivity index (χ4v) is 3.51. The van der Waals surface area contributed by atoms with Crippen molar-refractivity contribution < 1.29 is 9.59 Å². The van der Waals surface area contributed by atoms with Crippen LogP contribution in [0.1, 0.15) is 36.1 Å². The van der Waals surface area contributed by atoms with Gasteiger partial charge in [0.05, 0.1) is 12.1 Å². The highest BCUT2D eigenvalue weighted by atomic mass is 16.2. The third kappa shape index (κ3) is 4.23. The zero-order chi connectivity index (χ0) is 18.7. The molecule has 2 aromatic carbocycles. The van der Waals surface area contributed by atoms with E-state index >= 15 is 0 Å². The molecule has 1 aliphatic heterocycles. The lowest BCUT2D eigenvalue weighted by atomic mass is 10.1. The first-order chi connectivity index (χ1) is 12.4. The minimum absolute atomic E-state index is 0.00187. The Morgan fingerprint density at radius 1 is 1.12 bits per heavy atom. The third-order valence-electron chi connectivity index (χ3n) is 4.72. The number of anilines is 1. The van der Waals surface area contributed by atoms with Crippen LogP contribution in [0, 0.1) is 13.8 Å². The SMILES string of the molecule is Cc1cc(C)cc(NC(=O)NC2CC(=O)N(C(C)c3ccccc3)C2)c1. The van der Waals surface area contributed by atoms with E-state index in [0.29, 0.717) is 13.0 Å². The molecule has 3 amide bonds. The van der Waals surface area contributed by atoms with E-state index in [1.165, 1.54) is 0 Å². The van der Waals surface area contributed by atoms with Gasteiger partial charge in [-0.05, 0) is 49.6 Å². The molecular formula is C21H25N3O2. The van der Waals surface area contributed by atoms with Gasteiger partial charge in [-0.25, -0.2) is 4.79 Å². The van der Waals surface area contributed by atoms with Gasteiger partial charge in [-0.2, -0.15) is 0 Å². The minimum atomic E-state index is -0.276. The molecule has 1 heterocycles. The molecule has 0 aromatic heterocycles. The van der Waals surface area contributed by atoms with Crippen LogP contribution >= 0.6 is 0 Å². The number of carbonyl (C=O) groups excluding carboxylic acids is 2. The summed E-state index contributed by atoms with van der Waals surface area (Å²) in [7, 11) is 0. The van der Waals surface area contributed by atoms with E-state index in [1.807, 2.05) is 68.1 Å². The summed E-state index contributed by atoms with van der Waals surface area (Å²) in [6.07, 6.45) is 0.331. The van der Waals surface area contributed by atoms with Crippen LogP contribution in [0.15, 0.2) is 48.5 Å². The summed E-state index contributed by atoms with van der Waals surface area (Å²) in [5, 5.41) is 5.78. The van der Waals surface area contributed by atoms with Crippen LogP contribution in [0.5, 0.6) is 0 Å². The maximum absolute atomic E-state index is 12.4. The normalized spacial score (nSPS) is 17.9. The van der Waals surface area contributed by atoms with Crippen LogP contribution in [-0.2, 0) is 4.79 Å². The van der Waals surface area contributed by atoms with Gasteiger partial charge in [-0.3, -0.25) is 4.79 Å². The van der Waals surface area contributed by atoms with Crippen LogP contribution in [0.2, 0.25) is 0 Å². The molecule has 1 aliphatic rings. The average molecular weight is 351 g/mol. The van der Waals surface area contributed by atoms with E-state index in [2.05, 4.69) is 16.7 Å². The van der Waals surface area contributed by atoms with Gasteiger partial charge >= 0.3 is 6.03 Å². The van der Waals surface area contributed by atoms with E-state index < -0.39 is 0 Å². The quantitative estimate of drug-likeness (QED) is 0.880. The topological polar surface area (TPSA) is 61.4 Å². The van der Waals surface area contributed by atoms with Crippen molar-refractivity contribution in [2.75, 3.05) is 11.9 Å². The van der Waals surface area contributed by atoms with Gasteiger partial charge < -0.3 is 15.5 Å². The zero-order valence-corrected chi connectivity index (χ0v) is 15.5. The molecule has 2 atom stereocenters. The van der Waals surface area contributed by atoms with Crippen molar-refractivity contribution in [1.29, 1.82) is 0 Å². The highest BCUT2D eigenvalue weighted by Crippen LogP contribution is 2.25. The Hall–Kier alpha value is -2.82. The summed E-state index contributed by atoms with van der Waals surface area (Å²) in [4.78, 5) is 26.5. The Morgan fingerprint density at radius 2 is 1.77 bits per heavy atom. The number of amides is 3. The first kappa shape index (κ1) is 18.0. The number of rotatable bonds is 4. The molecule has 0 saturated carbocycles. The Labute approximate surface area is 154 Å². The summed E-state index contributed by atoms with van der Waals surface area (Å²) in [5.74, 6) is 0.0676. The maximum Gasteiger partial charge on any atom is 0.319 e. The second-order valence-corrected chi connectivity index (χ2v) is 7.01. The second-order valence-electron chi connectivity index (χ2n) is 7.01. The number of hydrogen-bond acceptors (Lipinski definition) is 2. The molecule has 1 saturated heterocycles. The Bertz CT molecular complexity index is 784. The van der Waals surface area contributed by atoms with E-state index in [1.54, 1.807) is 0 Å². The molecule has 0 bridgehead atoms. The van der Waals surface area contributed by atoms with Crippen molar-refractivity contribution >= 4 is 17.6 Å². The highest BCUT2D eigenvalue weighted by Gasteiger charge is 2.33. The lowest BCUT2D eigenvalue weighted by Gasteiger charge is -2.25. The number of aryl methyl sites for hydroxylation is 2. The van der Waals surface area contributed by atoms with Crippen molar-refractivity contribution in [1.82, 2.24) is 10.2 Å². The number of carbonyl (C=O) groups is 2. The molecule has 136 valence electrons. The molecule has 2 N–H and O–H groups in total. The van der Waals surface area contributed by atoms with Crippen LogP contribution in [0.4, 0.5) is 10.5 Å². The lowest BCUT2D eigenvalue weighted by molar-refractivity contribution is -0.129. The van der Waals surface area contributed by atoms with Crippen LogP contribution in [0.25, 0.3) is 0 Å². The number of likely N-dealkylation sites (tertiary alicyclic amines) is 1. The average Bonchev–Trinajstić information content (AvgIpc) is 2.94. The van der Waals surface area contributed by atoms with E-state index in [9.17, 15) is 9.59 Å². The molecule has 0 radical (unpaired) electrons. The third-order valence-corrected chi connectivity index (χ3v) is 4.72. The van der Waals surface area contributed by atoms with Gasteiger partial charge in [0.25, 0.3) is 0 Å². The standard InChI is InChI=1S/C21H25N3O2/c1-14-9-15(2)11-18(10-14)22-21(26)23-19-12-20(25)24(13-19)16(3)17-7-5-4-6-8-17/h4-11,16,19H,12-13H2,1-3H3,(H2,22,23,26). The largest absolute Gasteiger partial charge is 0.334 e. The van der Waals surface area contributed by atoms with Gasteiger partial charge in [0.15, 0.2) is 0 Å². The van der Waals surface area contributed by atoms with Crippen LogP contribution in [-0.4, -0.2) is 29.4 Å². The maximum atomic E-state index is 12.4. The lowest BCUT2D eigenvalue weighted by Crippen LogP contribution is -2.40. The smallest absolute Gasteiger partial charge is 0.319 e. The summed E-state index contributed by atoms with van der Waals surface area (Å²) < 4.78 is 0. The predicted molar refractivity (Wildman–Crippen MR) is 103 cm³/mol. The van der Waals surface area contributed by atoms with Gasteiger partial charge in [-0.15, -0.1) is 0 Å². The summed E-state index contributed by atoms with van der Waals surface area (Å²) in [6.45, 7) is 6.53. The fraction of sp³-hybridized carbons (Fsp3) is 0.333. The van der Waals surface area contributed by atoms with Crippen molar-refractivity contribution in [2.24, 2.45) is 0 Å². The Kier molecular flexibility index (Phi) is 5.26. The Balaban J connectivity index is 1.59. The number of nitrogens with one attached hydrogen (secondary N) is 2. The molecule has 2 unspecified atom stereocenters. The second kappa shape index (κ2) is 7.60. The minimum Gasteiger partial charge on any atom is -0.334 e. The van der Waals surface area contributed by atoms with E-state index in [0.717, 1.165) is 22.4 Å². The molecule has 3 rings (SSSR count). The molecule has 5 heteroatoms. The molecule has 5 nitrogen and oxygen atoms in total. The van der Waals surface area contributed by atoms with Crippen LogP contribution < -0.4 is 10.6 Å². The number of benzene rings is 2. The predicted octanol–water partition coefficient (Wildman–Crippen LogP) is 3.79. The van der Waals surface area contributed by atoms with Crippen LogP contribution in [0.3, 0.4) is 0 Å². The monoisotopic (exact) mass is 351 g/mol. The molecule has 1 fully saturated rings. The number of urea groups is 1. The first-order valence-corrected chi connectivity index (χ1v) is 8.92. The first-order valence-electron chi connectivity index (χ1n) is 8.92. The highest BCUT2D eigenvalue weighted by molar-refractivity contribution is 5.90. The van der Waals surface area contributed by atoms with Gasteiger partial charge in [0, 0.05) is 18.7 Å². The Morgan fingerprint density at radius 3 is 2.42 bits per heavy atom. The summed E-state index contributed by atoms with van der Waals surface area (Å²) >= 11 is 0. The fourth-order valence-electron chi connectivity index (χ4n) is 3.51. The van der Waals surface area contributed by atoms with Gasteiger partial charge in [-0.1, -0.05) is 36.4 Å². The van der Waals surface area contributed by atoms with E-state index in [-0.39, 0.29) is 24.0 Å². The molecule has 2 aromatic rings.